The van der Waals surface area contributed by atoms with Crippen LogP contribution in [0.1, 0.15) is 36.6 Å². The molecule has 4 aromatic rings. The third-order valence-electron chi connectivity index (χ3n) is 6.23. The minimum Gasteiger partial charge on any atom is -0.406 e. The fourth-order valence-corrected chi connectivity index (χ4v) is 5.16. The van der Waals surface area contributed by atoms with Crippen molar-refractivity contribution < 1.29 is 22.7 Å². The number of amidine groups is 1. The number of anilines is 1. The molecule has 3 aromatic carbocycles. The summed E-state index contributed by atoms with van der Waals surface area (Å²) >= 11 is 1.35. The zero-order valence-electron chi connectivity index (χ0n) is 22.3. The Balaban J connectivity index is 1.34. The first-order valence-electron chi connectivity index (χ1n) is 12.6. The Bertz CT molecular complexity index is 1680. The molecule has 0 radical (unpaired) electrons. The quantitative estimate of drug-likeness (QED) is 0.178. The summed E-state index contributed by atoms with van der Waals surface area (Å²) in [5.41, 5.74) is 4.56. The van der Waals surface area contributed by atoms with E-state index in [0.29, 0.717) is 22.3 Å². The molecule has 0 spiro atoms. The molecule has 0 unspecified atom stereocenters. The number of hydrogen-bond donors (Lipinski definition) is 0. The molecule has 1 aromatic heterocycles. The predicted octanol–water partition coefficient (Wildman–Crippen LogP) is 6.82. The van der Waals surface area contributed by atoms with Crippen molar-refractivity contribution in [1.29, 1.82) is 0 Å². The first-order chi connectivity index (χ1) is 19.6. The highest BCUT2D eigenvalue weighted by Crippen LogP contribution is 2.33. The minimum absolute atomic E-state index is 0.0341. The van der Waals surface area contributed by atoms with E-state index in [0.717, 1.165) is 27.7 Å². The zero-order valence-corrected chi connectivity index (χ0v) is 23.1. The van der Waals surface area contributed by atoms with Crippen LogP contribution in [0, 0.1) is 0 Å². The number of ether oxygens (including phenoxy) is 1. The van der Waals surface area contributed by atoms with Gasteiger partial charge in [0.2, 0.25) is 5.91 Å². The van der Waals surface area contributed by atoms with E-state index in [1.54, 1.807) is 29.1 Å². The van der Waals surface area contributed by atoms with E-state index in [9.17, 15) is 18.0 Å². The van der Waals surface area contributed by atoms with Crippen molar-refractivity contribution in [3.05, 3.63) is 83.6 Å². The SMILES string of the molecule is CC(C)c1ccccc1N1C(=O)CSC1=NN=Cc1ccc2c(C=Nc3ccc(OC(F)(F)F)cc3)nn(C)c2c1. The Kier molecular flexibility index (Phi) is 7.93. The molecule has 8 nitrogen and oxygen atoms in total. The van der Waals surface area contributed by atoms with Crippen LogP contribution in [-0.4, -0.2) is 45.4 Å². The normalized spacial score (nSPS) is 15.4. The van der Waals surface area contributed by atoms with Crippen LogP contribution in [-0.2, 0) is 11.8 Å². The number of aryl methyl sites for hydroxylation is 1. The second kappa shape index (κ2) is 11.6. The number of aromatic nitrogens is 2. The van der Waals surface area contributed by atoms with Crippen LogP contribution >= 0.6 is 11.8 Å². The highest BCUT2D eigenvalue weighted by atomic mass is 32.2. The molecule has 2 heterocycles. The van der Waals surface area contributed by atoms with Crippen molar-refractivity contribution in [3.63, 3.8) is 0 Å². The van der Waals surface area contributed by atoms with Gasteiger partial charge < -0.3 is 4.74 Å². The summed E-state index contributed by atoms with van der Waals surface area (Å²) in [6.45, 7) is 4.17. The first-order valence-corrected chi connectivity index (χ1v) is 13.6. The van der Waals surface area contributed by atoms with Gasteiger partial charge in [0.05, 0.1) is 35.1 Å². The fraction of sp³-hybridized carbons (Fsp3) is 0.207. The highest BCUT2D eigenvalue weighted by Gasteiger charge is 2.32. The fourth-order valence-electron chi connectivity index (χ4n) is 4.34. The van der Waals surface area contributed by atoms with Gasteiger partial charge in [-0.15, -0.1) is 18.3 Å². The van der Waals surface area contributed by atoms with Crippen LogP contribution in [0.3, 0.4) is 0 Å². The lowest BCUT2D eigenvalue weighted by atomic mass is 10.0. The Morgan fingerprint density at radius 2 is 1.80 bits per heavy atom. The van der Waals surface area contributed by atoms with Crippen molar-refractivity contribution in [1.82, 2.24) is 9.78 Å². The number of amides is 1. The summed E-state index contributed by atoms with van der Waals surface area (Å²) in [5, 5.41) is 14.5. The van der Waals surface area contributed by atoms with Gasteiger partial charge in [-0.2, -0.15) is 10.2 Å². The van der Waals surface area contributed by atoms with Crippen molar-refractivity contribution in [2.45, 2.75) is 26.1 Å². The molecule has 1 aliphatic rings. The predicted molar refractivity (Wildman–Crippen MR) is 157 cm³/mol. The summed E-state index contributed by atoms with van der Waals surface area (Å²) in [6.07, 6.45) is -1.57. The van der Waals surface area contributed by atoms with E-state index in [4.69, 9.17) is 0 Å². The Morgan fingerprint density at radius 1 is 1.05 bits per heavy atom. The number of hydrogen-bond acceptors (Lipinski definition) is 7. The van der Waals surface area contributed by atoms with Gasteiger partial charge in [-0.25, -0.2) is 0 Å². The number of carbonyl (C=O) groups excluding carboxylic acids is 1. The van der Waals surface area contributed by atoms with Crippen LogP contribution < -0.4 is 9.64 Å². The van der Waals surface area contributed by atoms with Crippen LogP contribution in [0.4, 0.5) is 24.5 Å². The largest absolute Gasteiger partial charge is 0.573 e. The second-order valence-electron chi connectivity index (χ2n) is 9.44. The van der Waals surface area contributed by atoms with Gasteiger partial charge in [0.15, 0.2) is 5.17 Å². The van der Waals surface area contributed by atoms with E-state index >= 15 is 0 Å². The maximum absolute atomic E-state index is 12.7. The minimum atomic E-state index is -4.75. The number of aliphatic imine (C=N–C) groups is 1. The van der Waals surface area contributed by atoms with E-state index in [2.05, 4.69) is 38.9 Å². The van der Waals surface area contributed by atoms with Crippen LogP contribution in [0.2, 0.25) is 0 Å². The van der Waals surface area contributed by atoms with Gasteiger partial charge in [0, 0.05) is 12.4 Å². The van der Waals surface area contributed by atoms with Gasteiger partial charge in [0.1, 0.15) is 11.4 Å². The van der Waals surface area contributed by atoms with Crippen molar-refractivity contribution in [3.8, 4) is 5.75 Å². The van der Waals surface area contributed by atoms with E-state index in [1.165, 1.54) is 36.0 Å². The van der Waals surface area contributed by atoms with Gasteiger partial charge in [-0.1, -0.05) is 49.9 Å². The van der Waals surface area contributed by atoms with Gasteiger partial charge >= 0.3 is 6.36 Å². The van der Waals surface area contributed by atoms with Crippen LogP contribution in [0.15, 0.2) is 81.9 Å². The smallest absolute Gasteiger partial charge is 0.406 e. The Labute approximate surface area is 238 Å². The number of halogens is 3. The molecule has 1 fully saturated rings. The third-order valence-corrected chi connectivity index (χ3v) is 7.14. The maximum atomic E-state index is 12.7. The van der Waals surface area contributed by atoms with Crippen molar-refractivity contribution >= 4 is 57.5 Å². The lowest BCUT2D eigenvalue weighted by Crippen LogP contribution is -2.30. The monoisotopic (exact) mass is 578 g/mol. The molecule has 12 heteroatoms. The average molecular weight is 579 g/mol. The zero-order chi connectivity index (χ0) is 29.1. The Morgan fingerprint density at radius 3 is 2.54 bits per heavy atom. The first kappa shape index (κ1) is 28.1. The summed E-state index contributed by atoms with van der Waals surface area (Å²) < 4.78 is 42.7. The molecule has 1 amide bonds. The molecule has 210 valence electrons. The highest BCUT2D eigenvalue weighted by molar-refractivity contribution is 8.15. The molecule has 5 rings (SSSR count). The molecule has 0 aliphatic carbocycles. The number of thioether (sulfide) groups is 1. The third kappa shape index (κ3) is 6.49. The number of fused-ring (bicyclic) bond motifs is 1. The van der Waals surface area contributed by atoms with Crippen LogP contribution in [0.5, 0.6) is 5.75 Å². The van der Waals surface area contributed by atoms with Crippen molar-refractivity contribution in [2.24, 2.45) is 22.2 Å². The number of nitrogens with zero attached hydrogens (tertiary/aromatic N) is 6. The molecule has 0 bridgehead atoms. The number of benzene rings is 3. The Hall–Kier alpha value is -4.45. The summed E-state index contributed by atoms with van der Waals surface area (Å²) in [5.74, 6) is 0.198. The van der Waals surface area contributed by atoms with Gasteiger partial charge in [0.25, 0.3) is 0 Å². The van der Waals surface area contributed by atoms with Gasteiger partial charge in [-0.3, -0.25) is 19.4 Å². The molecule has 0 saturated carbocycles. The molecule has 1 aliphatic heterocycles. The van der Waals surface area contributed by atoms with Crippen molar-refractivity contribution in [2.75, 3.05) is 10.7 Å². The van der Waals surface area contributed by atoms with Gasteiger partial charge in [-0.05, 0) is 59.5 Å². The van der Waals surface area contributed by atoms with E-state index in [-0.39, 0.29) is 17.6 Å². The maximum Gasteiger partial charge on any atom is 0.573 e. The molecule has 0 atom stereocenters. The van der Waals surface area contributed by atoms with E-state index < -0.39 is 6.36 Å². The molecule has 1 saturated heterocycles. The summed E-state index contributed by atoms with van der Waals surface area (Å²) in [7, 11) is 1.80. The number of carbonyl (C=O) groups is 1. The molecular formula is C29H25F3N6O2S. The summed E-state index contributed by atoms with van der Waals surface area (Å²) in [6, 6.07) is 18.7. The molecule has 0 N–H and O–H groups in total. The topological polar surface area (TPSA) is 84.4 Å². The number of para-hydroxylation sites is 1. The lowest BCUT2D eigenvalue weighted by Gasteiger charge is -2.20. The lowest BCUT2D eigenvalue weighted by molar-refractivity contribution is -0.274. The number of alkyl halides is 3. The van der Waals surface area contributed by atoms with Crippen LogP contribution in [0.25, 0.3) is 10.9 Å². The van der Waals surface area contributed by atoms with E-state index in [1.807, 2.05) is 42.5 Å². The average Bonchev–Trinajstić information content (AvgIpc) is 3.45. The summed E-state index contributed by atoms with van der Waals surface area (Å²) in [4.78, 5) is 18.7. The standard InChI is InChI=1S/C29H25F3N6O2S/c1-18(2)22-6-4-5-7-25(22)38-27(39)17-41-28(38)35-34-15-19-8-13-23-24(36-37(3)26(23)14-19)16-33-20-9-11-21(12-10-20)40-29(30,31)32/h4-16,18H,17H2,1-3H3. The molecule has 41 heavy (non-hydrogen) atoms. The molecular weight excluding hydrogens is 553 g/mol. The second-order valence-corrected chi connectivity index (χ2v) is 10.4. The number of rotatable bonds is 7.